The molecule has 4 nitrogen and oxygen atoms in total. The highest BCUT2D eigenvalue weighted by atomic mass is 19.4. The number of aryl methyl sites for hydroxylation is 1. The Kier molecular flexibility index (Phi) is 3.47. The second-order valence-electron chi connectivity index (χ2n) is 4.08. The van der Waals surface area contributed by atoms with Gasteiger partial charge in [-0.15, -0.1) is 0 Å². The number of amides is 1. The van der Waals surface area contributed by atoms with E-state index in [0.717, 1.165) is 6.07 Å². The van der Waals surface area contributed by atoms with E-state index in [9.17, 15) is 22.4 Å². The van der Waals surface area contributed by atoms with Crippen LogP contribution in [0.5, 0.6) is 0 Å². The maximum absolute atomic E-state index is 12.9. The van der Waals surface area contributed by atoms with Crippen LogP contribution in [0.15, 0.2) is 24.3 Å². The summed E-state index contributed by atoms with van der Waals surface area (Å²) in [6.07, 6.45) is -4.60. The molecule has 0 aliphatic heterocycles. The molecule has 1 amide bonds. The van der Waals surface area contributed by atoms with E-state index in [2.05, 4.69) is 10.4 Å². The van der Waals surface area contributed by atoms with Gasteiger partial charge in [-0.2, -0.15) is 18.3 Å². The largest absolute Gasteiger partial charge is 0.432 e. The van der Waals surface area contributed by atoms with Crippen molar-refractivity contribution in [1.29, 1.82) is 0 Å². The summed E-state index contributed by atoms with van der Waals surface area (Å²) >= 11 is 0. The molecule has 0 aliphatic rings. The molecule has 1 aromatic heterocycles. The standard InChI is InChI=1S/C12H9F4N3O/c1-6-4-7(13)2-3-8(6)17-11(20)9-5-10(19-18-9)12(14,15)16/h2-5H,1H3,(H,17,20)(H,18,19). The molecule has 0 saturated heterocycles. The number of H-pyrrole nitrogens is 1. The van der Waals surface area contributed by atoms with Crippen LogP contribution in [-0.4, -0.2) is 16.1 Å². The molecule has 106 valence electrons. The summed E-state index contributed by atoms with van der Waals surface area (Å²) in [5, 5.41) is 7.40. The molecule has 0 saturated carbocycles. The minimum absolute atomic E-state index is 0.299. The first-order chi connectivity index (χ1) is 9.27. The lowest BCUT2D eigenvalue weighted by atomic mass is 10.2. The molecule has 0 radical (unpaired) electrons. The topological polar surface area (TPSA) is 57.8 Å². The zero-order valence-electron chi connectivity index (χ0n) is 10.2. The average molecular weight is 287 g/mol. The van der Waals surface area contributed by atoms with Crippen LogP contribution >= 0.6 is 0 Å². The van der Waals surface area contributed by atoms with Gasteiger partial charge in [-0.25, -0.2) is 4.39 Å². The predicted molar refractivity (Wildman–Crippen MR) is 62.7 cm³/mol. The van der Waals surface area contributed by atoms with E-state index in [4.69, 9.17) is 0 Å². The van der Waals surface area contributed by atoms with Crippen molar-refractivity contribution in [1.82, 2.24) is 10.2 Å². The van der Waals surface area contributed by atoms with E-state index in [1.165, 1.54) is 12.1 Å². The van der Waals surface area contributed by atoms with Crippen LogP contribution in [0, 0.1) is 12.7 Å². The number of anilines is 1. The molecule has 0 bridgehead atoms. The number of nitrogens with zero attached hydrogens (tertiary/aromatic N) is 1. The predicted octanol–water partition coefficient (Wildman–Crippen LogP) is 3.13. The number of carbonyl (C=O) groups excluding carboxylic acids is 1. The van der Waals surface area contributed by atoms with Crippen LogP contribution < -0.4 is 5.32 Å². The maximum Gasteiger partial charge on any atom is 0.432 e. The number of halogens is 4. The Hall–Kier alpha value is -2.38. The third-order valence-electron chi connectivity index (χ3n) is 2.55. The van der Waals surface area contributed by atoms with Crippen LogP contribution in [-0.2, 0) is 6.18 Å². The molecular formula is C12H9F4N3O. The number of rotatable bonds is 2. The quantitative estimate of drug-likeness (QED) is 0.834. The van der Waals surface area contributed by atoms with Crippen molar-refractivity contribution in [2.45, 2.75) is 13.1 Å². The van der Waals surface area contributed by atoms with Gasteiger partial charge in [0.25, 0.3) is 5.91 Å². The van der Waals surface area contributed by atoms with E-state index in [-0.39, 0.29) is 0 Å². The highest BCUT2D eigenvalue weighted by molar-refractivity contribution is 6.03. The van der Waals surface area contributed by atoms with Crippen LogP contribution in [0.1, 0.15) is 21.7 Å². The van der Waals surface area contributed by atoms with Gasteiger partial charge in [-0.1, -0.05) is 0 Å². The van der Waals surface area contributed by atoms with Gasteiger partial charge >= 0.3 is 6.18 Å². The first-order valence-corrected chi connectivity index (χ1v) is 5.47. The second kappa shape index (κ2) is 4.95. The first kappa shape index (κ1) is 14.0. The number of carbonyl (C=O) groups is 1. The fraction of sp³-hybridized carbons (Fsp3) is 0.167. The molecule has 0 atom stereocenters. The monoisotopic (exact) mass is 287 g/mol. The SMILES string of the molecule is Cc1cc(F)ccc1NC(=O)c1cc(C(F)(F)F)[nH]n1. The Morgan fingerprint density at radius 3 is 2.55 bits per heavy atom. The normalized spacial score (nSPS) is 11.4. The number of hydrogen-bond donors (Lipinski definition) is 2. The summed E-state index contributed by atoms with van der Waals surface area (Å²) in [4.78, 5) is 11.7. The van der Waals surface area contributed by atoms with Gasteiger partial charge in [-0.05, 0) is 30.7 Å². The van der Waals surface area contributed by atoms with Gasteiger partial charge in [0.05, 0.1) is 0 Å². The molecule has 0 fully saturated rings. The average Bonchev–Trinajstić information content (AvgIpc) is 2.82. The van der Waals surface area contributed by atoms with Gasteiger partial charge in [0, 0.05) is 11.8 Å². The molecule has 2 rings (SSSR count). The highest BCUT2D eigenvalue weighted by Crippen LogP contribution is 2.27. The molecule has 2 N–H and O–H groups in total. The van der Waals surface area contributed by atoms with Gasteiger partial charge in [0.15, 0.2) is 5.69 Å². The molecule has 1 aromatic carbocycles. The fourth-order valence-electron chi connectivity index (χ4n) is 1.54. The third kappa shape index (κ3) is 2.95. The van der Waals surface area contributed by atoms with E-state index in [0.29, 0.717) is 17.3 Å². The van der Waals surface area contributed by atoms with Gasteiger partial charge in [-0.3, -0.25) is 9.89 Å². The molecule has 20 heavy (non-hydrogen) atoms. The minimum Gasteiger partial charge on any atom is -0.320 e. The van der Waals surface area contributed by atoms with Crippen molar-refractivity contribution in [2.24, 2.45) is 0 Å². The summed E-state index contributed by atoms with van der Waals surface area (Å²) in [5.74, 6) is -1.29. The van der Waals surface area contributed by atoms with Crippen LogP contribution in [0.25, 0.3) is 0 Å². The number of aromatic nitrogens is 2. The Morgan fingerprint density at radius 2 is 2.00 bits per heavy atom. The zero-order valence-corrected chi connectivity index (χ0v) is 10.2. The number of hydrogen-bond acceptors (Lipinski definition) is 2. The van der Waals surface area contributed by atoms with Crippen LogP contribution in [0.3, 0.4) is 0 Å². The Morgan fingerprint density at radius 1 is 1.30 bits per heavy atom. The lowest BCUT2D eigenvalue weighted by Gasteiger charge is -2.06. The number of aromatic amines is 1. The molecule has 0 spiro atoms. The van der Waals surface area contributed by atoms with Crippen LogP contribution in [0.4, 0.5) is 23.2 Å². The first-order valence-electron chi connectivity index (χ1n) is 5.47. The summed E-state index contributed by atoms with van der Waals surface area (Å²) in [6.45, 7) is 1.56. The zero-order chi connectivity index (χ0) is 14.9. The van der Waals surface area contributed by atoms with E-state index in [1.807, 2.05) is 0 Å². The van der Waals surface area contributed by atoms with Gasteiger partial charge in [0.1, 0.15) is 11.5 Å². The van der Waals surface area contributed by atoms with Crippen LogP contribution in [0.2, 0.25) is 0 Å². The summed E-state index contributed by atoms with van der Waals surface area (Å²) < 4.78 is 50.0. The molecule has 1 heterocycles. The summed E-state index contributed by atoms with van der Waals surface area (Å²) in [6, 6.07) is 4.25. The summed E-state index contributed by atoms with van der Waals surface area (Å²) in [7, 11) is 0. The summed E-state index contributed by atoms with van der Waals surface area (Å²) in [5.41, 5.74) is -0.766. The number of nitrogens with one attached hydrogen (secondary N) is 2. The smallest absolute Gasteiger partial charge is 0.320 e. The van der Waals surface area contributed by atoms with Crippen molar-refractivity contribution >= 4 is 11.6 Å². The molecule has 0 aliphatic carbocycles. The molecule has 2 aromatic rings. The van der Waals surface area contributed by atoms with Crippen molar-refractivity contribution < 1.29 is 22.4 Å². The van der Waals surface area contributed by atoms with Crippen molar-refractivity contribution in [3.05, 3.63) is 47.0 Å². The minimum atomic E-state index is -4.60. The Bertz CT molecular complexity index is 648. The van der Waals surface area contributed by atoms with Crippen molar-refractivity contribution in [3.8, 4) is 0 Å². The number of benzene rings is 1. The Balaban J connectivity index is 2.18. The lowest BCUT2D eigenvalue weighted by Crippen LogP contribution is -2.13. The van der Waals surface area contributed by atoms with Gasteiger partial charge < -0.3 is 5.32 Å². The second-order valence-corrected chi connectivity index (χ2v) is 4.08. The Labute approximate surface area is 110 Å². The van der Waals surface area contributed by atoms with E-state index >= 15 is 0 Å². The molecule has 8 heteroatoms. The molecular weight excluding hydrogens is 278 g/mol. The van der Waals surface area contributed by atoms with Gasteiger partial charge in [0.2, 0.25) is 0 Å². The number of alkyl halides is 3. The van der Waals surface area contributed by atoms with E-state index in [1.54, 1.807) is 12.0 Å². The van der Waals surface area contributed by atoms with Crippen molar-refractivity contribution in [2.75, 3.05) is 5.32 Å². The third-order valence-corrected chi connectivity index (χ3v) is 2.55. The maximum atomic E-state index is 12.9. The lowest BCUT2D eigenvalue weighted by molar-refractivity contribution is -0.141. The molecule has 0 unspecified atom stereocenters. The van der Waals surface area contributed by atoms with Crippen molar-refractivity contribution in [3.63, 3.8) is 0 Å². The fourth-order valence-corrected chi connectivity index (χ4v) is 1.54. The highest BCUT2D eigenvalue weighted by Gasteiger charge is 2.33. The van der Waals surface area contributed by atoms with E-state index < -0.39 is 29.3 Å².